The van der Waals surface area contributed by atoms with Gasteiger partial charge in [-0.3, -0.25) is 0 Å². The predicted octanol–water partition coefficient (Wildman–Crippen LogP) is 1.22. The molecule has 88 valence electrons. The van der Waals surface area contributed by atoms with Crippen LogP contribution >= 0.6 is 0 Å². The van der Waals surface area contributed by atoms with Gasteiger partial charge in [-0.1, -0.05) is 29.8 Å². The van der Waals surface area contributed by atoms with Crippen molar-refractivity contribution in [2.45, 2.75) is 19.1 Å². The van der Waals surface area contributed by atoms with E-state index in [0.29, 0.717) is 5.56 Å². The summed E-state index contributed by atoms with van der Waals surface area (Å²) in [5, 5.41) is 9.95. The molecule has 0 radical (unpaired) electrons. The van der Waals surface area contributed by atoms with E-state index in [0.717, 1.165) is 5.56 Å². The molecule has 4 heteroatoms. The average molecular weight is 224 g/mol. The van der Waals surface area contributed by atoms with Crippen molar-refractivity contribution in [3.05, 3.63) is 35.4 Å². The minimum Gasteiger partial charge on any atom is -0.467 e. The van der Waals surface area contributed by atoms with E-state index in [2.05, 4.69) is 4.74 Å². The Kier molecular flexibility index (Phi) is 4.46. The third-order valence-electron chi connectivity index (χ3n) is 2.39. The number of carbonyl (C=O) groups excluding carboxylic acids is 1. The number of benzene rings is 1. The molecule has 0 saturated carbocycles. The van der Waals surface area contributed by atoms with Gasteiger partial charge in [-0.15, -0.1) is 0 Å². The number of ether oxygens (including phenoxy) is 2. The topological polar surface area (TPSA) is 55.8 Å². The standard InChI is InChI=1S/C12H16O4/c1-8-4-6-9(7-5-8)10(13)11(15-2)12(14)16-3/h4-7,10-11,13H,1-3H3. The summed E-state index contributed by atoms with van der Waals surface area (Å²) in [6, 6.07) is 7.25. The monoisotopic (exact) mass is 224 g/mol. The van der Waals surface area contributed by atoms with E-state index >= 15 is 0 Å². The van der Waals surface area contributed by atoms with Gasteiger partial charge in [-0.05, 0) is 12.5 Å². The highest BCUT2D eigenvalue weighted by Crippen LogP contribution is 2.20. The molecule has 1 aromatic rings. The highest BCUT2D eigenvalue weighted by Gasteiger charge is 2.28. The third-order valence-corrected chi connectivity index (χ3v) is 2.39. The first-order chi connectivity index (χ1) is 7.60. The minimum absolute atomic E-state index is 0.587. The fraction of sp³-hybridized carbons (Fsp3) is 0.417. The molecule has 1 aromatic carbocycles. The lowest BCUT2D eigenvalue weighted by molar-refractivity contribution is -0.159. The largest absolute Gasteiger partial charge is 0.467 e. The summed E-state index contributed by atoms with van der Waals surface area (Å²) in [7, 11) is 2.62. The lowest BCUT2D eigenvalue weighted by Gasteiger charge is -2.19. The van der Waals surface area contributed by atoms with E-state index < -0.39 is 18.2 Å². The number of aliphatic hydroxyl groups is 1. The van der Waals surface area contributed by atoms with Crippen molar-refractivity contribution in [1.29, 1.82) is 0 Å². The molecule has 1 rings (SSSR count). The van der Waals surface area contributed by atoms with Crippen LogP contribution in [0.25, 0.3) is 0 Å². The normalized spacial score (nSPS) is 14.2. The fourth-order valence-electron chi connectivity index (χ4n) is 1.41. The molecule has 1 N–H and O–H groups in total. The zero-order valence-electron chi connectivity index (χ0n) is 9.64. The lowest BCUT2D eigenvalue weighted by atomic mass is 10.0. The van der Waals surface area contributed by atoms with Crippen molar-refractivity contribution >= 4 is 5.97 Å². The summed E-state index contributed by atoms with van der Waals surface area (Å²) in [6.07, 6.45) is -2.01. The van der Waals surface area contributed by atoms with Crippen molar-refractivity contribution < 1.29 is 19.4 Å². The van der Waals surface area contributed by atoms with Crippen molar-refractivity contribution in [2.24, 2.45) is 0 Å². The van der Waals surface area contributed by atoms with Gasteiger partial charge in [0.1, 0.15) is 6.10 Å². The Morgan fingerprint density at radius 1 is 1.25 bits per heavy atom. The van der Waals surface area contributed by atoms with Crippen molar-refractivity contribution in [2.75, 3.05) is 14.2 Å². The van der Waals surface area contributed by atoms with Crippen LogP contribution in [0.4, 0.5) is 0 Å². The molecular formula is C12H16O4. The van der Waals surface area contributed by atoms with Gasteiger partial charge in [0.2, 0.25) is 0 Å². The van der Waals surface area contributed by atoms with E-state index in [4.69, 9.17) is 4.74 Å². The molecule has 0 aliphatic heterocycles. The van der Waals surface area contributed by atoms with Crippen LogP contribution in [-0.4, -0.2) is 31.4 Å². The van der Waals surface area contributed by atoms with Crippen molar-refractivity contribution in [1.82, 2.24) is 0 Å². The molecular weight excluding hydrogens is 208 g/mol. The van der Waals surface area contributed by atoms with E-state index in [1.807, 2.05) is 19.1 Å². The van der Waals surface area contributed by atoms with Crippen LogP contribution in [0.3, 0.4) is 0 Å². The van der Waals surface area contributed by atoms with E-state index in [9.17, 15) is 9.90 Å². The molecule has 0 bridgehead atoms. The van der Waals surface area contributed by atoms with Crippen molar-refractivity contribution in [3.63, 3.8) is 0 Å². The Balaban J connectivity index is 2.86. The molecule has 0 saturated heterocycles. The van der Waals surface area contributed by atoms with Crippen LogP contribution in [-0.2, 0) is 14.3 Å². The summed E-state index contributed by atoms with van der Waals surface area (Å²) in [5.74, 6) is -0.587. The molecule has 16 heavy (non-hydrogen) atoms. The van der Waals surface area contributed by atoms with Gasteiger partial charge in [0.25, 0.3) is 0 Å². The Labute approximate surface area is 94.8 Å². The number of hydrogen-bond donors (Lipinski definition) is 1. The van der Waals surface area contributed by atoms with Gasteiger partial charge in [0.05, 0.1) is 7.11 Å². The van der Waals surface area contributed by atoms with Crippen LogP contribution < -0.4 is 0 Å². The predicted molar refractivity (Wildman–Crippen MR) is 59.0 cm³/mol. The number of methoxy groups -OCH3 is 2. The van der Waals surface area contributed by atoms with Crippen LogP contribution in [0.5, 0.6) is 0 Å². The van der Waals surface area contributed by atoms with E-state index in [1.165, 1.54) is 14.2 Å². The summed E-state index contributed by atoms with van der Waals surface area (Å²) < 4.78 is 9.47. The Hall–Kier alpha value is -1.39. The highest BCUT2D eigenvalue weighted by atomic mass is 16.6. The maximum absolute atomic E-state index is 11.3. The number of aliphatic hydroxyl groups excluding tert-OH is 1. The number of aryl methyl sites for hydroxylation is 1. The number of rotatable bonds is 4. The summed E-state index contributed by atoms with van der Waals surface area (Å²) >= 11 is 0. The highest BCUT2D eigenvalue weighted by molar-refractivity contribution is 5.75. The Morgan fingerprint density at radius 3 is 2.25 bits per heavy atom. The second-order valence-corrected chi connectivity index (χ2v) is 3.53. The SMILES string of the molecule is COC(=O)C(OC)C(O)c1ccc(C)cc1. The zero-order valence-corrected chi connectivity index (χ0v) is 9.64. The Bertz CT molecular complexity index is 345. The zero-order chi connectivity index (χ0) is 12.1. The van der Waals surface area contributed by atoms with Crippen LogP contribution in [0.2, 0.25) is 0 Å². The molecule has 0 aromatic heterocycles. The smallest absolute Gasteiger partial charge is 0.338 e. The molecule has 4 nitrogen and oxygen atoms in total. The fourth-order valence-corrected chi connectivity index (χ4v) is 1.41. The number of carbonyl (C=O) groups is 1. The molecule has 0 spiro atoms. The summed E-state index contributed by atoms with van der Waals surface area (Å²) in [6.45, 7) is 1.95. The molecule has 2 unspecified atom stereocenters. The maximum Gasteiger partial charge on any atom is 0.338 e. The number of hydrogen-bond acceptors (Lipinski definition) is 4. The maximum atomic E-state index is 11.3. The first-order valence-corrected chi connectivity index (χ1v) is 4.95. The van der Waals surface area contributed by atoms with Crippen LogP contribution in [0, 0.1) is 6.92 Å². The quantitative estimate of drug-likeness (QED) is 0.781. The van der Waals surface area contributed by atoms with Gasteiger partial charge >= 0.3 is 5.97 Å². The molecule has 0 heterocycles. The second-order valence-electron chi connectivity index (χ2n) is 3.53. The minimum atomic E-state index is -1.02. The van der Waals surface area contributed by atoms with Crippen LogP contribution in [0.15, 0.2) is 24.3 Å². The summed E-state index contributed by atoms with van der Waals surface area (Å²) in [5.41, 5.74) is 1.71. The third kappa shape index (κ3) is 2.81. The molecule has 2 atom stereocenters. The van der Waals surface area contributed by atoms with E-state index in [-0.39, 0.29) is 0 Å². The molecule has 0 aliphatic carbocycles. The van der Waals surface area contributed by atoms with Gasteiger partial charge in [-0.2, -0.15) is 0 Å². The average Bonchev–Trinajstić information content (AvgIpc) is 2.30. The molecule has 0 amide bonds. The van der Waals surface area contributed by atoms with Gasteiger partial charge < -0.3 is 14.6 Å². The van der Waals surface area contributed by atoms with Crippen LogP contribution in [0.1, 0.15) is 17.2 Å². The summed E-state index contributed by atoms with van der Waals surface area (Å²) in [4.78, 5) is 11.3. The molecule has 0 aliphatic rings. The van der Waals surface area contributed by atoms with Crippen molar-refractivity contribution in [3.8, 4) is 0 Å². The van der Waals surface area contributed by atoms with E-state index in [1.54, 1.807) is 12.1 Å². The first kappa shape index (κ1) is 12.7. The lowest BCUT2D eigenvalue weighted by Crippen LogP contribution is -2.31. The Morgan fingerprint density at radius 2 is 1.81 bits per heavy atom. The van der Waals surface area contributed by atoms with Gasteiger partial charge in [0.15, 0.2) is 6.10 Å². The van der Waals surface area contributed by atoms with Gasteiger partial charge in [0, 0.05) is 7.11 Å². The second kappa shape index (κ2) is 5.63. The van der Waals surface area contributed by atoms with Gasteiger partial charge in [-0.25, -0.2) is 4.79 Å². The number of esters is 1. The molecule has 0 fully saturated rings. The first-order valence-electron chi connectivity index (χ1n) is 4.95.